The van der Waals surface area contributed by atoms with E-state index in [2.05, 4.69) is 0 Å². The predicted octanol–water partition coefficient (Wildman–Crippen LogP) is 4.00. The zero-order valence-corrected chi connectivity index (χ0v) is 15.3. The fourth-order valence-corrected chi connectivity index (χ4v) is 3.00. The lowest BCUT2D eigenvalue weighted by molar-refractivity contribution is 0.304. The normalized spacial score (nSPS) is 11.0. The summed E-state index contributed by atoms with van der Waals surface area (Å²) in [4.78, 5) is 12.6. The van der Waals surface area contributed by atoms with Crippen LogP contribution in [-0.2, 0) is 6.61 Å². The van der Waals surface area contributed by atoms with Gasteiger partial charge in [-0.05, 0) is 35.9 Å². The van der Waals surface area contributed by atoms with Crippen LogP contribution in [0.25, 0.3) is 22.3 Å². The van der Waals surface area contributed by atoms with Crippen LogP contribution in [0.2, 0.25) is 0 Å². The van der Waals surface area contributed by atoms with E-state index in [1.807, 2.05) is 0 Å². The van der Waals surface area contributed by atoms with E-state index in [9.17, 15) is 29.6 Å². The molecule has 4 rings (SSSR count). The molecule has 4 N–H and O–H groups in total. The lowest BCUT2D eigenvalue weighted by Gasteiger charge is -2.11. The summed E-state index contributed by atoms with van der Waals surface area (Å²) in [5.74, 6) is -2.61. The Morgan fingerprint density at radius 2 is 1.70 bits per heavy atom. The number of benzene rings is 3. The second kappa shape index (κ2) is 7.32. The predicted molar refractivity (Wildman–Crippen MR) is 105 cm³/mol. The zero-order chi connectivity index (χ0) is 21.4. The first kappa shape index (κ1) is 19.1. The smallest absolute Gasteiger partial charge is 0.238 e. The minimum atomic E-state index is -0.881. The Morgan fingerprint density at radius 1 is 0.900 bits per heavy atom. The molecule has 0 aliphatic rings. The van der Waals surface area contributed by atoms with Gasteiger partial charge in [0.2, 0.25) is 11.2 Å². The molecule has 0 fully saturated rings. The Morgan fingerprint density at radius 3 is 2.43 bits per heavy atom. The van der Waals surface area contributed by atoms with Gasteiger partial charge in [-0.15, -0.1) is 0 Å². The summed E-state index contributed by atoms with van der Waals surface area (Å²) in [5, 5.41) is 39.4. The summed E-state index contributed by atoms with van der Waals surface area (Å²) >= 11 is 0. The van der Waals surface area contributed by atoms with Gasteiger partial charge in [0.25, 0.3) is 0 Å². The first-order chi connectivity index (χ1) is 14.3. The second-order valence-corrected chi connectivity index (χ2v) is 6.55. The molecule has 0 radical (unpaired) electrons. The Kier molecular flexibility index (Phi) is 4.67. The van der Waals surface area contributed by atoms with E-state index in [-0.39, 0.29) is 40.4 Å². The number of phenolic OH excluding ortho intramolecular Hbond substituents is 3. The maximum atomic E-state index is 13.3. The number of phenols is 3. The van der Waals surface area contributed by atoms with Gasteiger partial charge in [0, 0.05) is 17.7 Å². The first-order valence-electron chi connectivity index (χ1n) is 8.76. The first-order valence-corrected chi connectivity index (χ1v) is 8.76. The Hall–Kier alpha value is -4.20. The van der Waals surface area contributed by atoms with E-state index in [0.717, 1.165) is 6.07 Å². The van der Waals surface area contributed by atoms with Crippen molar-refractivity contribution in [3.05, 3.63) is 76.2 Å². The third-order valence-corrected chi connectivity index (χ3v) is 4.46. The summed E-state index contributed by atoms with van der Waals surface area (Å²) in [7, 11) is 0. The van der Waals surface area contributed by atoms with Crippen molar-refractivity contribution < 1.29 is 34.0 Å². The fraction of sp³-hybridized carbons (Fsp3) is 0.0455. The van der Waals surface area contributed by atoms with Gasteiger partial charge in [0.05, 0.1) is 0 Å². The van der Waals surface area contributed by atoms with Crippen molar-refractivity contribution in [2.75, 3.05) is 0 Å². The van der Waals surface area contributed by atoms with Gasteiger partial charge in [-0.1, -0.05) is 12.1 Å². The molecule has 0 aliphatic carbocycles. The van der Waals surface area contributed by atoms with Crippen molar-refractivity contribution in [3.8, 4) is 40.1 Å². The van der Waals surface area contributed by atoms with Crippen LogP contribution in [0.5, 0.6) is 28.7 Å². The molecule has 8 heteroatoms. The molecule has 0 amide bonds. The Labute approximate surface area is 168 Å². The van der Waals surface area contributed by atoms with Gasteiger partial charge in [-0.2, -0.15) is 0 Å². The van der Waals surface area contributed by atoms with Crippen LogP contribution in [-0.4, -0.2) is 20.4 Å². The second-order valence-electron chi connectivity index (χ2n) is 6.55. The van der Waals surface area contributed by atoms with Crippen molar-refractivity contribution in [2.24, 2.45) is 0 Å². The van der Waals surface area contributed by atoms with Crippen molar-refractivity contribution in [3.63, 3.8) is 0 Å². The number of fused-ring (bicyclic) bond motifs is 1. The number of hydrogen-bond donors (Lipinski definition) is 4. The maximum absolute atomic E-state index is 13.3. The molecule has 1 aromatic heterocycles. The van der Waals surface area contributed by atoms with E-state index in [1.165, 1.54) is 42.5 Å². The highest BCUT2D eigenvalue weighted by Crippen LogP contribution is 2.38. The molecule has 4 aromatic rings. The molecule has 0 saturated heterocycles. The van der Waals surface area contributed by atoms with Crippen LogP contribution >= 0.6 is 0 Å². The van der Waals surface area contributed by atoms with E-state index in [1.54, 1.807) is 6.07 Å². The standard InChI is InChI=1S/C22H15FO7/c23-13-3-1-2-11(6-13)10-29-14-8-17(26)19-18(9-14)30-22(21(28)20(19)27)12-4-5-15(24)16(25)7-12/h1-9,24-26,28H,10H2. The summed E-state index contributed by atoms with van der Waals surface area (Å²) in [6.07, 6.45) is 0. The van der Waals surface area contributed by atoms with Crippen molar-refractivity contribution in [1.82, 2.24) is 0 Å². The highest BCUT2D eigenvalue weighted by Gasteiger charge is 2.20. The molecular formula is C22H15FO7. The number of aromatic hydroxyl groups is 4. The molecule has 0 saturated carbocycles. The average Bonchev–Trinajstić information content (AvgIpc) is 2.71. The highest BCUT2D eigenvalue weighted by molar-refractivity contribution is 5.88. The fourth-order valence-electron chi connectivity index (χ4n) is 3.00. The van der Waals surface area contributed by atoms with E-state index < -0.39 is 28.5 Å². The lowest BCUT2D eigenvalue weighted by Crippen LogP contribution is -2.04. The molecule has 7 nitrogen and oxygen atoms in total. The molecule has 0 spiro atoms. The number of rotatable bonds is 4. The molecule has 0 unspecified atom stereocenters. The number of ether oxygens (including phenoxy) is 1. The van der Waals surface area contributed by atoms with Crippen molar-refractivity contribution in [2.45, 2.75) is 6.61 Å². The van der Waals surface area contributed by atoms with Crippen LogP contribution in [0.15, 0.2) is 63.8 Å². The topological polar surface area (TPSA) is 120 Å². The van der Waals surface area contributed by atoms with Gasteiger partial charge >= 0.3 is 0 Å². The molecule has 0 aliphatic heterocycles. The van der Waals surface area contributed by atoms with E-state index >= 15 is 0 Å². The molecule has 0 bridgehead atoms. The SMILES string of the molecule is O=c1c(O)c(-c2ccc(O)c(O)c2)oc2cc(OCc3cccc(F)c3)cc(O)c12. The number of hydrogen-bond acceptors (Lipinski definition) is 7. The van der Waals surface area contributed by atoms with E-state index in [4.69, 9.17) is 9.15 Å². The minimum absolute atomic E-state index is 0.00368. The summed E-state index contributed by atoms with van der Waals surface area (Å²) in [6.45, 7) is 0.00368. The van der Waals surface area contributed by atoms with Crippen LogP contribution in [0.1, 0.15) is 5.56 Å². The minimum Gasteiger partial charge on any atom is -0.507 e. The van der Waals surface area contributed by atoms with Crippen LogP contribution < -0.4 is 10.2 Å². The van der Waals surface area contributed by atoms with Crippen molar-refractivity contribution >= 4 is 11.0 Å². The zero-order valence-electron chi connectivity index (χ0n) is 15.3. The molecular weight excluding hydrogens is 395 g/mol. The monoisotopic (exact) mass is 410 g/mol. The highest BCUT2D eigenvalue weighted by atomic mass is 19.1. The largest absolute Gasteiger partial charge is 0.507 e. The Balaban J connectivity index is 1.78. The quantitative estimate of drug-likeness (QED) is 0.375. The maximum Gasteiger partial charge on any atom is 0.238 e. The molecule has 152 valence electrons. The third kappa shape index (κ3) is 3.46. The van der Waals surface area contributed by atoms with Crippen LogP contribution in [0.3, 0.4) is 0 Å². The Bertz CT molecular complexity index is 1330. The molecule has 1 heterocycles. The van der Waals surface area contributed by atoms with Gasteiger partial charge in [0.15, 0.2) is 17.3 Å². The third-order valence-electron chi connectivity index (χ3n) is 4.46. The molecule has 0 atom stereocenters. The van der Waals surface area contributed by atoms with Gasteiger partial charge < -0.3 is 29.6 Å². The molecule has 3 aromatic carbocycles. The van der Waals surface area contributed by atoms with Gasteiger partial charge in [-0.3, -0.25) is 4.79 Å². The summed E-state index contributed by atoms with van der Waals surface area (Å²) in [5.41, 5.74) is -0.267. The average molecular weight is 410 g/mol. The van der Waals surface area contributed by atoms with E-state index in [0.29, 0.717) is 5.56 Å². The number of halogens is 1. The summed E-state index contributed by atoms with van der Waals surface area (Å²) < 4.78 is 24.5. The lowest BCUT2D eigenvalue weighted by atomic mass is 10.1. The van der Waals surface area contributed by atoms with Crippen molar-refractivity contribution in [1.29, 1.82) is 0 Å². The van der Waals surface area contributed by atoms with Crippen LogP contribution in [0.4, 0.5) is 4.39 Å². The summed E-state index contributed by atoms with van der Waals surface area (Å²) in [6, 6.07) is 12.0. The van der Waals surface area contributed by atoms with Gasteiger partial charge in [0.1, 0.15) is 34.9 Å². The van der Waals surface area contributed by atoms with Crippen LogP contribution in [0, 0.1) is 5.82 Å². The molecule has 30 heavy (non-hydrogen) atoms. The van der Waals surface area contributed by atoms with Gasteiger partial charge in [-0.25, -0.2) is 4.39 Å².